The van der Waals surface area contributed by atoms with E-state index in [-0.39, 0.29) is 27.9 Å². The summed E-state index contributed by atoms with van der Waals surface area (Å²) in [4.78, 5) is 27.6. The summed E-state index contributed by atoms with van der Waals surface area (Å²) in [5.74, 6) is -1.08. The van der Waals surface area contributed by atoms with Gasteiger partial charge in [0.15, 0.2) is 11.0 Å². The Balaban J connectivity index is 2.34. The number of alkyl halides is 3. The minimum atomic E-state index is -4.68. The average Bonchev–Trinajstić information content (AvgIpc) is 2.60. The monoisotopic (exact) mass is 349 g/mol. The van der Waals surface area contributed by atoms with Crippen LogP contribution in [0.1, 0.15) is 15.9 Å². The highest BCUT2D eigenvalue weighted by Crippen LogP contribution is 2.36. The van der Waals surface area contributed by atoms with Gasteiger partial charge >= 0.3 is 12.1 Å². The predicted molar refractivity (Wildman–Crippen MR) is 82.1 cm³/mol. The van der Waals surface area contributed by atoms with Crippen LogP contribution >= 0.6 is 0 Å². The van der Waals surface area contributed by atoms with Gasteiger partial charge in [0.2, 0.25) is 0 Å². The van der Waals surface area contributed by atoms with Crippen molar-refractivity contribution >= 4 is 16.9 Å². The summed E-state index contributed by atoms with van der Waals surface area (Å²) in [6, 6.07) is 6.27. The molecule has 0 aliphatic carbocycles. The van der Waals surface area contributed by atoms with E-state index in [4.69, 9.17) is 4.42 Å². The maximum absolute atomic E-state index is 13.2. The van der Waals surface area contributed by atoms with Crippen LogP contribution in [-0.4, -0.2) is 18.1 Å². The standard InChI is InChI=1S/C17H10F3NO4/c1-24-16(23)11-4-2-3-10-13(22)7-14(25-15(10)11)9-5-6-21-8-12(9)17(18,19)20/h2-8H,1H3. The topological polar surface area (TPSA) is 69.4 Å². The summed E-state index contributed by atoms with van der Waals surface area (Å²) in [6.07, 6.45) is -2.88. The second-order valence-corrected chi connectivity index (χ2v) is 5.07. The highest BCUT2D eigenvalue weighted by molar-refractivity contribution is 6.02. The van der Waals surface area contributed by atoms with Gasteiger partial charge in [-0.15, -0.1) is 0 Å². The fourth-order valence-corrected chi connectivity index (χ4v) is 2.42. The molecule has 0 saturated heterocycles. The molecule has 0 atom stereocenters. The summed E-state index contributed by atoms with van der Waals surface area (Å²) in [7, 11) is 1.15. The minimum Gasteiger partial charge on any atom is -0.465 e. The number of para-hydroxylation sites is 1. The van der Waals surface area contributed by atoms with Gasteiger partial charge in [-0.3, -0.25) is 9.78 Å². The van der Waals surface area contributed by atoms with Gasteiger partial charge in [-0.25, -0.2) is 4.79 Å². The van der Waals surface area contributed by atoms with Crippen molar-refractivity contribution in [1.82, 2.24) is 4.98 Å². The van der Waals surface area contributed by atoms with Crippen LogP contribution in [0.2, 0.25) is 0 Å². The maximum atomic E-state index is 13.2. The third kappa shape index (κ3) is 2.98. The Bertz CT molecular complexity index is 1020. The Morgan fingerprint density at radius 2 is 2.00 bits per heavy atom. The number of esters is 1. The molecule has 0 radical (unpaired) electrons. The zero-order valence-corrected chi connectivity index (χ0v) is 12.8. The predicted octanol–water partition coefficient (Wildman–Crippen LogP) is 3.66. The lowest BCUT2D eigenvalue weighted by molar-refractivity contribution is -0.137. The summed E-state index contributed by atoms with van der Waals surface area (Å²) < 4.78 is 49.6. The molecule has 0 fully saturated rings. The first kappa shape index (κ1) is 16.7. The molecule has 5 nitrogen and oxygen atoms in total. The molecular weight excluding hydrogens is 339 g/mol. The summed E-state index contributed by atoms with van der Waals surface area (Å²) in [5, 5.41) is 0.0641. The molecule has 0 saturated carbocycles. The first-order valence-electron chi connectivity index (χ1n) is 6.99. The average molecular weight is 349 g/mol. The highest BCUT2D eigenvalue weighted by atomic mass is 19.4. The first-order valence-corrected chi connectivity index (χ1v) is 6.99. The van der Waals surface area contributed by atoms with E-state index in [0.29, 0.717) is 6.20 Å². The summed E-state index contributed by atoms with van der Waals surface area (Å²) >= 11 is 0. The Morgan fingerprint density at radius 1 is 1.24 bits per heavy atom. The number of hydrogen-bond donors (Lipinski definition) is 0. The highest BCUT2D eigenvalue weighted by Gasteiger charge is 2.34. The number of hydrogen-bond acceptors (Lipinski definition) is 5. The van der Waals surface area contributed by atoms with Crippen molar-refractivity contribution in [3.05, 3.63) is 64.1 Å². The van der Waals surface area contributed by atoms with Gasteiger partial charge in [0.05, 0.1) is 18.1 Å². The number of fused-ring (bicyclic) bond motifs is 1. The Morgan fingerprint density at radius 3 is 2.68 bits per heavy atom. The van der Waals surface area contributed by atoms with E-state index in [1.54, 1.807) is 0 Å². The van der Waals surface area contributed by atoms with E-state index >= 15 is 0 Å². The van der Waals surface area contributed by atoms with E-state index in [9.17, 15) is 22.8 Å². The van der Waals surface area contributed by atoms with Crippen LogP contribution in [0.5, 0.6) is 0 Å². The molecule has 25 heavy (non-hydrogen) atoms. The second kappa shape index (κ2) is 6.04. The van der Waals surface area contributed by atoms with Crippen molar-refractivity contribution < 1.29 is 27.1 Å². The molecule has 0 aliphatic rings. The van der Waals surface area contributed by atoms with Crippen molar-refractivity contribution in [2.24, 2.45) is 0 Å². The van der Waals surface area contributed by atoms with Gasteiger partial charge in [-0.2, -0.15) is 13.2 Å². The summed E-state index contributed by atoms with van der Waals surface area (Å²) in [6.45, 7) is 0. The molecule has 0 unspecified atom stereocenters. The molecule has 0 aliphatic heterocycles. The SMILES string of the molecule is COC(=O)c1cccc2c(=O)cc(-c3ccncc3C(F)(F)F)oc12. The number of benzene rings is 1. The molecule has 0 amide bonds. The van der Waals surface area contributed by atoms with Crippen molar-refractivity contribution in [2.75, 3.05) is 7.11 Å². The van der Waals surface area contributed by atoms with Crippen molar-refractivity contribution in [2.45, 2.75) is 6.18 Å². The van der Waals surface area contributed by atoms with Crippen LogP contribution in [0.3, 0.4) is 0 Å². The van der Waals surface area contributed by atoms with Gasteiger partial charge in [0, 0.05) is 24.0 Å². The molecule has 2 heterocycles. The molecule has 0 N–H and O–H groups in total. The lowest BCUT2D eigenvalue weighted by atomic mass is 10.1. The molecule has 3 aromatic rings. The first-order chi connectivity index (χ1) is 11.8. The van der Waals surface area contributed by atoms with Crippen molar-refractivity contribution in [3.8, 4) is 11.3 Å². The molecule has 3 rings (SSSR count). The van der Waals surface area contributed by atoms with Crippen LogP contribution in [-0.2, 0) is 10.9 Å². The van der Waals surface area contributed by atoms with E-state index < -0.39 is 23.1 Å². The quantitative estimate of drug-likeness (QED) is 0.661. The number of halogens is 3. The van der Waals surface area contributed by atoms with E-state index in [0.717, 1.165) is 25.4 Å². The van der Waals surface area contributed by atoms with E-state index in [1.165, 1.54) is 18.2 Å². The fourth-order valence-electron chi connectivity index (χ4n) is 2.42. The zero-order chi connectivity index (χ0) is 18.2. The molecule has 0 spiro atoms. The van der Waals surface area contributed by atoms with Crippen LogP contribution < -0.4 is 5.43 Å². The van der Waals surface area contributed by atoms with Gasteiger partial charge in [-0.1, -0.05) is 6.07 Å². The number of aromatic nitrogens is 1. The number of ether oxygens (including phenoxy) is 1. The number of rotatable bonds is 2. The smallest absolute Gasteiger partial charge is 0.418 e. The normalized spacial score (nSPS) is 11.5. The molecule has 2 aromatic heterocycles. The maximum Gasteiger partial charge on any atom is 0.418 e. The Labute approximate surface area is 138 Å². The number of methoxy groups -OCH3 is 1. The largest absolute Gasteiger partial charge is 0.465 e. The second-order valence-electron chi connectivity index (χ2n) is 5.07. The van der Waals surface area contributed by atoms with Crippen LogP contribution in [0.4, 0.5) is 13.2 Å². The van der Waals surface area contributed by atoms with Crippen molar-refractivity contribution in [1.29, 1.82) is 0 Å². The van der Waals surface area contributed by atoms with Crippen LogP contribution in [0.15, 0.2) is 51.9 Å². The van der Waals surface area contributed by atoms with Gasteiger partial charge in [0.1, 0.15) is 11.3 Å². The minimum absolute atomic E-state index is 0.0541. The van der Waals surface area contributed by atoms with Gasteiger partial charge in [-0.05, 0) is 18.2 Å². The molecule has 0 bridgehead atoms. The third-order valence-electron chi connectivity index (χ3n) is 3.55. The third-order valence-corrected chi connectivity index (χ3v) is 3.55. The van der Waals surface area contributed by atoms with E-state index in [2.05, 4.69) is 9.72 Å². The van der Waals surface area contributed by atoms with E-state index in [1.807, 2.05) is 0 Å². The number of carbonyl (C=O) groups is 1. The van der Waals surface area contributed by atoms with Gasteiger partial charge in [0.25, 0.3) is 0 Å². The van der Waals surface area contributed by atoms with Crippen molar-refractivity contribution in [3.63, 3.8) is 0 Å². The molecular formula is C17H10F3NO4. The molecule has 128 valence electrons. The van der Waals surface area contributed by atoms with Crippen LogP contribution in [0, 0.1) is 0 Å². The Hall–Kier alpha value is -3.16. The van der Waals surface area contributed by atoms with Crippen LogP contribution in [0.25, 0.3) is 22.3 Å². The Kier molecular flexibility index (Phi) is 4.03. The van der Waals surface area contributed by atoms with Gasteiger partial charge < -0.3 is 9.15 Å². The number of pyridine rings is 1. The zero-order valence-electron chi connectivity index (χ0n) is 12.8. The molecule has 1 aromatic carbocycles. The fraction of sp³-hybridized carbons (Fsp3) is 0.118. The lowest BCUT2D eigenvalue weighted by Gasteiger charge is -2.12. The summed E-state index contributed by atoms with van der Waals surface area (Å²) in [5.41, 5.74) is -2.16. The lowest BCUT2D eigenvalue weighted by Crippen LogP contribution is -2.10. The number of carbonyl (C=O) groups excluding carboxylic acids is 1. The molecule has 8 heteroatoms. The number of nitrogens with zero attached hydrogens (tertiary/aromatic N) is 1.